The summed E-state index contributed by atoms with van der Waals surface area (Å²) in [4.78, 5) is 37.9. The van der Waals surface area contributed by atoms with Crippen molar-refractivity contribution in [2.75, 3.05) is 6.54 Å². The number of hydrogen-bond acceptors (Lipinski definition) is 5. The lowest BCUT2D eigenvalue weighted by Gasteiger charge is -2.50. The maximum atomic E-state index is 12.9. The molecule has 3 atom stereocenters. The Morgan fingerprint density at radius 1 is 1.29 bits per heavy atom. The van der Waals surface area contributed by atoms with E-state index in [-0.39, 0.29) is 35.6 Å². The minimum atomic E-state index is -0.566. The molecule has 1 aliphatic carbocycles. The number of fused-ring (bicyclic) bond motifs is 1. The van der Waals surface area contributed by atoms with E-state index in [1.54, 1.807) is 4.90 Å². The lowest BCUT2D eigenvalue weighted by molar-refractivity contribution is -0.136. The predicted molar refractivity (Wildman–Crippen MR) is 104 cm³/mol. The minimum Gasteiger partial charge on any atom is -0.327 e. The highest BCUT2D eigenvalue weighted by molar-refractivity contribution is 6.05. The first kappa shape index (κ1) is 19.1. The highest BCUT2D eigenvalue weighted by Crippen LogP contribution is 2.44. The van der Waals surface area contributed by atoms with Gasteiger partial charge >= 0.3 is 0 Å². The van der Waals surface area contributed by atoms with Gasteiger partial charge in [-0.2, -0.15) is 0 Å². The van der Waals surface area contributed by atoms with Gasteiger partial charge in [-0.1, -0.05) is 26.0 Å². The number of nitrogens with zero attached hydrogens (tertiary/aromatic N) is 1. The number of rotatable bonds is 5. The van der Waals surface area contributed by atoms with Crippen LogP contribution >= 0.6 is 0 Å². The average molecular weight is 384 g/mol. The SMILES string of the molecule is CC1(C)C(N)CC1CNCc1ccc2c(c1)C(=O)N(C1CCC(=O)NC1=O)C2. The molecule has 2 aliphatic heterocycles. The maximum Gasteiger partial charge on any atom is 0.255 e. The normalized spacial score (nSPS) is 28.8. The van der Waals surface area contributed by atoms with E-state index in [1.807, 2.05) is 18.2 Å². The Morgan fingerprint density at radius 3 is 2.75 bits per heavy atom. The van der Waals surface area contributed by atoms with Crippen LogP contribution in [0.5, 0.6) is 0 Å². The Bertz CT molecular complexity index is 835. The Balaban J connectivity index is 1.38. The van der Waals surface area contributed by atoms with Crippen LogP contribution in [-0.4, -0.2) is 41.2 Å². The monoisotopic (exact) mass is 384 g/mol. The number of carbonyl (C=O) groups is 3. The Labute approximate surface area is 165 Å². The van der Waals surface area contributed by atoms with Crippen molar-refractivity contribution in [3.8, 4) is 0 Å². The van der Waals surface area contributed by atoms with Gasteiger partial charge in [-0.25, -0.2) is 0 Å². The largest absolute Gasteiger partial charge is 0.327 e. The fourth-order valence-electron chi connectivity index (χ4n) is 4.51. The molecule has 7 heteroatoms. The molecule has 1 saturated heterocycles. The number of piperidine rings is 1. The van der Waals surface area contributed by atoms with Gasteiger partial charge < -0.3 is 16.0 Å². The van der Waals surface area contributed by atoms with Crippen molar-refractivity contribution >= 4 is 17.7 Å². The molecule has 4 N–H and O–H groups in total. The van der Waals surface area contributed by atoms with Gasteiger partial charge in [-0.15, -0.1) is 0 Å². The van der Waals surface area contributed by atoms with Crippen molar-refractivity contribution in [1.82, 2.24) is 15.5 Å². The number of nitrogens with two attached hydrogens (primary N) is 1. The summed E-state index contributed by atoms with van der Waals surface area (Å²) in [6.45, 7) is 6.45. The first-order chi connectivity index (χ1) is 13.3. The number of imide groups is 1. The zero-order valence-electron chi connectivity index (χ0n) is 16.5. The standard InChI is InChI=1S/C21H28N4O3/c1-21(2)14(8-17(21)22)10-23-9-12-3-4-13-11-25(20(28)15(13)7-12)16-5-6-18(26)24-19(16)27/h3-4,7,14,16-17,23H,5-6,8-11,22H2,1-2H3,(H,24,26,27). The smallest absolute Gasteiger partial charge is 0.255 e. The topological polar surface area (TPSA) is 105 Å². The third kappa shape index (κ3) is 3.22. The second-order valence-electron chi connectivity index (χ2n) is 8.88. The molecule has 0 spiro atoms. The van der Waals surface area contributed by atoms with Gasteiger partial charge in [0, 0.05) is 31.1 Å². The number of benzene rings is 1. The zero-order valence-corrected chi connectivity index (χ0v) is 16.5. The van der Waals surface area contributed by atoms with Gasteiger partial charge in [0.25, 0.3) is 5.91 Å². The summed E-state index contributed by atoms with van der Waals surface area (Å²) in [6.07, 6.45) is 1.70. The van der Waals surface area contributed by atoms with Gasteiger partial charge in [0.2, 0.25) is 11.8 Å². The van der Waals surface area contributed by atoms with Crippen LogP contribution in [0.4, 0.5) is 0 Å². The summed E-state index contributed by atoms with van der Waals surface area (Å²) in [5, 5.41) is 5.82. The number of carbonyl (C=O) groups excluding carboxylic acids is 3. The highest BCUT2D eigenvalue weighted by atomic mass is 16.2. The quantitative estimate of drug-likeness (QED) is 0.655. The molecular weight excluding hydrogens is 356 g/mol. The molecule has 0 aromatic heterocycles. The van der Waals surface area contributed by atoms with E-state index in [2.05, 4.69) is 24.5 Å². The molecule has 3 amide bonds. The molecule has 2 heterocycles. The zero-order chi connectivity index (χ0) is 20.1. The number of nitrogens with one attached hydrogen (secondary N) is 2. The maximum absolute atomic E-state index is 12.9. The van der Waals surface area contributed by atoms with Crippen LogP contribution in [0.2, 0.25) is 0 Å². The van der Waals surface area contributed by atoms with Crippen LogP contribution in [-0.2, 0) is 22.7 Å². The molecule has 0 bridgehead atoms. The molecule has 1 aromatic rings. The summed E-state index contributed by atoms with van der Waals surface area (Å²) in [7, 11) is 0. The molecule has 28 heavy (non-hydrogen) atoms. The molecule has 2 fully saturated rings. The summed E-state index contributed by atoms with van der Waals surface area (Å²) >= 11 is 0. The predicted octanol–water partition coefficient (Wildman–Crippen LogP) is 0.911. The van der Waals surface area contributed by atoms with E-state index in [9.17, 15) is 14.4 Å². The Morgan fingerprint density at radius 2 is 2.07 bits per heavy atom. The molecule has 7 nitrogen and oxygen atoms in total. The molecule has 150 valence electrons. The van der Waals surface area contributed by atoms with Gasteiger partial charge in [0.05, 0.1) is 0 Å². The average Bonchev–Trinajstić information content (AvgIpc) is 2.97. The third-order valence-corrected chi connectivity index (χ3v) is 6.86. The third-order valence-electron chi connectivity index (χ3n) is 6.86. The minimum absolute atomic E-state index is 0.127. The molecule has 3 aliphatic rings. The van der Waals surface area contributed by atoms with Crippen molar-refractivity contribution in [3.63, 3.8) is 0 Å². The van der Waals surface area contributed by atoms with E-state index in [0.29, 0.717) is 31.0 Å². The number of amides is 3. The molecule has 1 aromatic carbocycles. The van der Waals surface area contributed by atoms with Crippen LogP contribution in [0.3, 0.4) is 0 Å². The van der Waals surface area contributed by atoms with Crippen molar-refractivity contribution in [2.24, 2.45) is 17.1 Å². The van der Waals surface area contributed by atoms with Crippen molar-refractivity contribution < 1.29 is 14.4 Å². The van der Waals surface area contributed by atoms with Crippen LogP contribution in [0.15, 0.2) is 18.2 Å². The van der Waals surface area contributed by atoms with Gasteiger partial charge in [0.1, 0.15) is 6.04 Å². The molecule has 4 rings (SSSR count). The van der Waals surface area contributed by atoms with Crippen LogP contribution < -0.4 is 16.4 Å². The first-order valence-electron chi connectivity index (χ1n) is 10.00. The van der Waals surface area contributed by atoms with Gasteiger partial charge in [-0.3, -0.25) is 19.7 Å². The van der Waals surface area contributed by atoms with E-state index in [0.717, 1.165) is 24.1 Å². The lowest BCUT2D eigenvalue weighted by Crippen LogP contribution is -2.57. The second kappa shape index (κ2) is 6.97. The highest BCUT2D eigenvalue weighted by Gasteiger charge is 2.45. The summed E-state index contributed by atoms with van der Waals surface area (Å²) in [6, 6.07) is 5.64. The van der Waals surface area contributed by atoms with E-state index in [4.69, 9.17) is 5.73 Å². The second-order valence-corrected chi connectivity index (χ2v) is 8.88. The summed E-state index contributed by atoms with van der Waals surface area (Å²) in [5.74, 6) is -0.200. The van der Waals surface area contributed by atoms with Crippen molar-refractivity contribution in [2.45, 2.75) is 58.3 Å². The fraction of sp³-hybridized carbons (Fsp3) is 0.571. The molecule has 1 saturated carbocycles. The van der Waals surface area contributed by atoms with Gasteiger partial charge in [-0.05, 0) is 47.9 Å². The molecular formula is C21H28N4O3. The van der Waals surface area contributed by atoms with Crippen molar-refractivity contribution in [1.29, 1.82) is 0 Å². The summed E-state index contributed by atoms with van der Waals surface area (Å²) < 4.78 is 0. The van der Waals surface area contributed by atoms with Crippen molar-refractivity contribution in [3.05, 3.63) is 34.9 Å². The lowest BCUT2D eigenvalue weighted by atomic mass is 9.59. The van der Waals surface area contributed by atoms with E-state index in [1.165, 1.54) is 0 Å². The Hall–Kier alpha value is -2.25. The van der Waals surface area contributed by atoms with Crippen LogP contribution in [0.1, 0.15) is 54.6 Å². The van der Waals surface area contributed by atoms with E-state index < -0.39 is 6.04 Å². The fourth-order valence-corrected chi connectivity index (χ4v) is 4.51. The van der Waals surface area contributed by atoms with Gasteiger partial charge in [0.15, 0.2) is 0 Å². The van der Waals surface area contributed by atoms with E-state index >= 15 is 0 Å². The Kier molecular flexibility index (Phi) is 4.75. The number of hydrogen-bond donors (Lipinski definition) is 3. The van der Waals surface area contributed by atoms with Crippen LogP contribution in [0.25, 0.3) is 0 Å². The van der Waals surface area contributed by atoms with Crippen LogP contribution in [0, 0.1) is 11.3 Å². The first-order valence-corrected chi connectivity index (χ1v) is 10.00. The molecule has 0 radical (unpaired) electrons. The molecule has 3 unspecified atom stereocenters. The summed E-state index contributed by atoms with van der Waals surface area (Å²) in [5.41, 5.74) is 8.90.